The van der Waals surface area contributed by atoms with E-state index in [1.54, 1.807) is 36.4 Å². The Morgan fingerprint density at radius 2 is 1.69 bits per heavy atom. The zero-order valence-electron chi connectivity index (χ0n) is 20.7. The second-order valence-electron chi connectivity index (χ2n) is 9.54. The number of piperazine rings is 1. The van der Waals surface area contributed by atoms with Crippen LogP contribution in [0.2, 0.25) is 0 Å². The van der Waals surface area contributed by atoms with Crippen LogP contribution in [0, 0.1) is 10.1 Å². The summed E-state index contributed by atoms with van der Waals surface area (Å²) in [6, 6.07) is 13.6. The summed E-state index contributed by atoms with van der Waals surface area (Å²) in [4.78, 5) is 28.7. The topological polar surface area (TPSA) is 121 Å². The molecule has 0 aromatic heterocycles. The number of alkyl halides is 3. The number of carbonyl (C=O) groups excluding carboxylic acids is 1. The normalized spacial score (nSPS) is 20.8. The van der Waals surface area contributed by atoms with E-state index < -0.39 is 50.4 Å². The minimum atomic E-state index is -4.69. The minimum absolute atomic E-state index is 0.0525. The lowest BCUT2D eigenvalue weighted by Gasteiger charge is -2.39. The Kier molecular flexibility index (Phi) is 7.96. The fourth-order valence-electron chi connectivity index (χ4n) is 4.95. The summed E-state index contributed by atoms with van der Waals surface area (Å²) in [6.07, 6.45) is -2.16. The second kappa shape index (κ2) is 10.9. The van der Waals surface area contributed by atoms with Crippen LogP contribution in [0.15, 0.2) is 72.3 Å². The molecule has 1 aliphatic carbocycles. The molecule has 2 aromatic rings. The number of halogens is 3. The number of benzene rings is 2. The molecule has 4 rings (SSSR count). The number of nitrogens with zero attached hydrogens (tertiary/aromatic N) is 3. The van der Waals surface area contributed by atoms with Crippen molar-refractivity contribution in [1.29, 1.82) is 0 Å². The standard InChI is InChI=1S/C26H26F3N3O6S/c27-26(28,29)22-8-4-5-19(15-22)17-30-11-13-31(14-12-30)24(33)25(32(34)35)16-21(20-6-2-1-3-7-20)9-10-23(25)18-39(36,37)38/h1-10,15H,11-14,16-18H2,(H,36,37,38). The molecule has 1 fully saturated rings. The van der Waals surface area contributed by atoms with Crippen LogP contribution in [0.4, 0.5) is 13.2 Å². The molecule has 13 heteroatoms. The van der Waals surface area contributed by atoms with Crippen LogP contribution >= 0.6 is 0 Å². The van der Waals surface area contributed by atoms with Gasteiger partial charge in [0.2, 0.25) is 0 Å². The SMILES string of the molecule is O=C(N1CCN(Cc2cccc(C(F)(F)F)c2)CC1)C1([N+](=O)[O-])CC(c2ccccc2)=CC=C1CS(=O)(=O)O. The largest absolute Gasteiger partial charge is 0.416 e. The molecule has 1 aliphatic heterocycles. The Bertz CT molecular complexity index is 1420. The highest BCUT2D eigenvalue weighted by Gasteiger charge is 2.58. The van der Waals surface area contributed by atoms with Crippen LogP contribution in [0.3, 0.4) is 0 Å². The number of rotatable bonds is 7. The van der Waals surface area contributed by atoms with Crippen molar-refractivity contribution in [3.05, 3.63) is 99.1 Å². The number of hydrogen-bond donors (Lipinski definition) is 1. The Balaban J connectivity index is 1.56. The van der Waals surface area contributed by atoms with Gasteiger partial charge >= 0.3 is 17.6 Å². The summed E-state index contributed by atoms with van der Waals surface area (Å²) in [5, 5.41) is 12.6. The van der Waals surface area contributed by atoms with Gasteiger partial charge in [0.15, 0.2) is 0 Å². The Hall–Kier alpha value is -3.55. The summed E-state index contributed by atoms with van der Waals surface area (Å²) >= 11 is 0. The van der Waals surface area contributed by atoms with Gasteiger partial charge in [0.05, 0.1) is 12.0 Å². The van der Waals surface area contributed by atoms with Gasteiger partial charge in [-0.1, -0.05) is 60.7 Å². The number of allylic oxidation sites excluding steroid dienone is 2. The lowest BCUT2D eigenvalue weighted by atomic mass is 9.77. The third-order valence-corrected chi connectivity index (χ3v) is 7.61. The van der Waals surface area contributed by atoms with Crippen molar-refractivity contribution < 1.29 is 35.9 Å². The Labute approximate surface area is 223 Å². The zero-order chi connectivity index (χ0) is 28.4. The monoisotopic (exact) mass is 565 g/mol. The molecule has 2 aromatic carbocycles. The lowest BCUT2D eigenvalue weighted by molar-refractivity contribution is -0.541. The molecule has 0 bridgehead atoms. The van der Waals surface area contributed by atoms with E-state index in [-0.39, 0.29) is 38.3 Å². The summed E-state index contributed by atoms with van der Waals surface area (Å²) in [5.41, 5.74) is -2.02. The highest BCUT2D eigenvalue weighted by atomic mass is 32.2. The number of carbonyl (C=O) groups is 1. The average molecular weight is 566 g/mol. The predicted octanol–water partition coefficient (Wildman–Crippen LogP) is 3.67. The van der Waals surface area contributed by atoms with Gasteiger partial charge in [-0.2, -0.15) is 21.6 Å². The summed E-state index contributed by atoms with van der Waals surface area (Å²) in [7, 11) is -4.69. The van der Waals surface area contributed by atoms with Gasteiger partial charge in [-0.25, -0.2) is 0 Å². The van der Waals surface area contributed by atoms with Gasteiger partial charge in [-0.05, 0) is 22.8 Å². The third-order valence-electron chi connectivity index (χ3n) is 6.93. The zero-order valence-corrected chi connectivity index (χ0v) is 21.5. The summed E-state index contributed by atoms with van der Waals surface area (Å²) in [5.74, 6) is -1.98. The second-order valence-corrected chi connectivity index (χ2v) is 11.0. The van der Waals surface area contributed by atoms with Gasteiger partial charge in [0.25, 0.3) is 10.1 Å². The van der Waals surface area contributed by atoms with E-state index >= 15 is 0 Å². The van der Waals surface area contributed by atoms with Crippen LogP contribution < -0.4 is 0 Å². The summed E-state index contributed by atoms with van der Waals surface area (Å²) < 4.78 is 72.1. The maximum atomic E-state index is 13.8. The van der Waals surface area contributed by atoms with Crippen LogP contribution in [0.25, 0.3) is 5.57 Å². The fourth-order valence-corrected chi connectivity index (χ4v) is 5.68. The number of hydrogen-bond acceptors (Lipinski definition) is 6. The predicted molar refractivity (Wildman–Crippen MR) is 137 cm³/mol. The maximum Gasteiger partial charge on any atom is 0.416 e. The highest BCUT2D eigenvalue weighted by Crippen LogP contribution is 2.39. The van der Waals surface area contributed by atoms with Gasteiger partial charge < -0.3 is 4.90 Å². The molecule has 1 unspecified atom stereocenters. The van der Waals surface area contributed by atoms with E-state index in [9.17, 15) is 41.1 Å². The quantitative estimate of drug-likeness (QED) is 0.309. The van der Waals surface area contributed by atoms with Crippen LogP contribution in [-0.4, -0.2) is 71.1 Å². The molecule has 1 amide bonds. The molecule has 0 radical (unpaired) electrons. The number of nitro groups is 1. The van der Waals surface area contributed by atoms with Crippen molar-refractivity contribution in [3.63, 3.8) is 0 Å². The molecule has 0 spiro atoms. The smallest absolute Gasteiger partial charge is 0.334 e. The first-order chi connectivity index (χ1) is 18.3. The molecule has 1 saturated heterocycles. The summed E-state index contributed by atoms with van der Waals surface area (Å²) in [6.45, 7) is 0.790. The Morgan fingerprint density at radius 1 is 1.03 bits per heavy atom. The molecule has 208 valence electrons. The van der Waals surface area contributed by atoms with Gasteiger partial charge in [0.1, 0.15) is 5.75 Å². The Morgan fingerprint density at radius 3 is 2.28 bits per heavy atom. The third kappa shape index (κ3) is 6.37. The van der Waals surface area contributed by atoms with Crippen LogP contribution in [0.5, 0.6) is 0 Å². The van der Waals surface area contributed by atoms with E-state index in [0.717, 1.165) is 12.1 Å². The van der Waals surface area contributed by atoms with E-state index in [2.05, 4.69) is 0 Å². The van der Waals surface area contributed by atoms with Crippen molar-refractivity contribution >= 4 is 21.6 Å². The molecule has 1 N–H and O–H groups in total. The van der Waals surface area contributed by atoms with Crippen LogP contribution in [-0.2, 0) is 27.6 Å². The highest BCUT2D eigenvalue weighted by molar-refractivity contribution is 7.86. The molecule has 0 saturated carbocycles. The van der Waals surface area contributed by atoms with Crippen molar-refractivity contribution in [1.82, 2.24) is 9.80 Å². The lowest BCUT2D eigenvalue weighted by Crippen LogP contribution is -2.60. The first-order valence-electron chi connectivity index (χ1n) is 12.0. The van der Waals surface area contributed by atoms with Crippen molar-refractivity contribution in [2.24, 2.45) is 0 Å². The van der Waals surface area contributed by atoms with Gasteiger partial charge in [-0.3, -0.25) is 24.4 Å². The number of amides is 1. The van der Waals surface area contributed by atoms with Crippen LogP contribution in [0.1, 0.15) is 23.1 Å². The fraction of sp³-hybridized carbons (Fsp3) is 0.346. The first-order valence-corrected chi connectivity index (χ1v) is 13.6. The van der Waals surface area contributed by atoms with Crippen molar-refractivity contribution in [2.45, 2.75) is 24.7 Å². The van der Waals surface area contributed by atoms with E-state index in [1.807, 2.05) is 4.90 Å². The van der Waals surface area contributed by atoms with E-state index in [0.29, 0.717) is 16.7 Å². The molecular weight excluding hydrogens is 539 g/mol. The molecule has 1 atom stereocenters. The first kappa shape index (κ1) is 28.5. The molecule has 1 heterocycles. The van der Waals surface area contributed by atoms with Gasteiger partial charge in [0, 0.05) is 43.2 Å². The van der Waals surface area contributed by atoms with Crippen molar-refractivity contribution in [2.75, 3.05) is 31.9 Å². The van der Waals surface area contributed by atoms with Gasteiger partial charge in [-0.15, -0.1) is 0 Å². The molecule has 9 nitrogen and oxygen atoms in total. The molecule has 2 aliphatic rings. The van der Waals surface area contributed by atoms with E-state index in [4.69, 9.17) is 0 Å². The molecular formula is C26H26F3N3O6S. The average Bonchev–Trinajstić information content (AvgIpc) is 2.88. The maximum absolute atomic E-state index is 13.8. The van der Waals surface area contributed by atoms with E-state index in [1.165, 1.54) is 23.1 Å². The van der Waals surface area contributed by atoms with Crippen molar-refractivity contribution in [3.8, 4) is 0 Å². The minimum Gasteiger partial charge on any atom is -0.334 e. The molecule has 39 heavy (non-hydrogen) atoms.